The summed E-state index contributed by atoms with van der Waals surface area (Å²) in [5, 5.41) is 2.70. The van der Waals surface area contributed by atoms with Crippen molar-refractivity contribution in [3.8, 4) is 0 Å². The zero-order valence-corrected chi connectivity index (χ0v) is 12.0. The monoisotopic (exact) mass is 292 g/mol. The topological polar surface area (TPSA) is 17.1 Å². The average molecular weight is 293 g/mol. The van der Waals surface area contributed by atoms with E-state index in [0.29, 0.717) is 10.6 Å². The van der Waals surface area contributed by atoms with Gasteiger partial charge in [0.1, 0.15) is 0 Å². The first-order valence-corrected chi connectivity index (χ1v) is 7.07. The van der Waals surface area contributed by atoms with Crippen molar-refractivity contribution in [2.24, 2.45) is 0 Å². The molecule has 0 aliphatic rings. The molecule has 3 aromatic carbocycles. The summed E-state index contributed by atoms with van der Waals surface area (Å²) in [6, 6.07) is 21.1. The number of carbonyl (C=O) groups excluding carboxylic acids is 1. The van der Waals surface area contributed by atoms with Crippen LogP contribution in [-0.4, -0.2) is 5.78 Å². The highest BCUT2D eigenvalue weighted by Gasteiger charge is 2.06. The van der Waals surface area contributed by atoms with Gasteiger partial charge in [0.15, 0.2) is 5.78 Å². The third kappa shape index (κ3) is 3.04. The number of benzene rings is 3. The molecule has 0 atom stereocenters. The van der Waals surface area contributed by atoms with Gasteiger partial charge in [0.2, 0.25) is 0 Å². The van der Waals surface area contributed by atoms with E-state index in [1.807, 2.05) is 66.7 Å². The summed E-state index contributed by atoms with van der Waals surface area (Å²) in [6.07, 6.45) is 3.38. The van der Waals surface area contributed by atoms with Crippen molar-refractivity contribution in [3.63, 3.8) is 0 Å². The zero-order valence-electron chi connectivity index (χ0n) is 11.3. The fourth-order valence-corrected chi connectivity index (χ4v) is 2.51. The zero-order chi connectivity index (χ0) is 14.7. The number of ketones is 1. The van der Waals surface area contributed by atoms with Gasteiger partial charge in [-0.2, -0.15) is 0 Å². The first-order chi connectivity index (χ1) is 10.2. The van der Waals surface area contributed by atoms with Crippen LogP contribution in [-0.2, 0) is 0 Å². The molecule has 0 aliphatic carbocycles. The highest BCUT2D eigenvalue weighted by Crippen LogP contribution is 2.20. The fourth-order valence-electron chi connectivity index (χ4n) is 2.31. The lowest BCUT2D eigenvalue weighted by Crippen LogP contribution is -1.95. The molecule has 0 heterocycles. The molecule has 2 heteroatoms. The molecule has 3 aromatic rings. The van der Waals surface area contributed by atoms with Crippen molar-refractivity contribution < 1.29 is 4.79 Å². The van der Waals surface area contributed by atoms with E-state index in [1.165, 1.54) is 0 Å². The molecular weight excluding hydrogens is 280 g/mol. The van der Waals surface area contributed by atoms with Gasteiger partial charge in [-0.05, 0) is 34.5 Å². The second-order valence-corrected chi connectivity index (χ2v) is 5.22. The third-order valence-corrected chi connectivity index (χ3v) is 3.57. The SMILES string of the molecule is O=C(/C=C/c1cccc(Cl)c1)c1cccc2ccccc12. The number of hydrogen-bond acceptors (Lipinski definition) is 1. The highest BCUT2D eigenvalue weighted by molar-refractivity contribution is 6.30. The molecule has 0 fully saturated rings. The summed E-state index contributed by atoms with van der Waals surface area (Å²) < 4.78 is 0. The summed E-state index contributed by atoms with van der Waals surface area (Å²) in [4.78, 5) is 12.4. The van der Waals surface area contributed by atoms with E-state index in [2.05, 4.69) is 0 Å². The Balaban J connectivity index is 1.94. The number of carbonyl (C=O) groups is 1. The largest absolute Gasteiger partial charge is 0.289 e. The van der Waals surface area contributed by atoms with Crippen LogP contribution in [0.3, 0.4) is 0 Å². The maximum Gasteiger partial charge on any atom is 0.186 e. The standard InChI is InChI=1S/C19H13ClO/c20-16-8-3-5-14(13-16)11-12-19(21)18-10-4-7-15-6-1-2-9-17(15)18/h1-13H/b12-11+. The van der Waals surface area contributed by atoms with Gasteiger partial charge in [0.25, 0.3) is 0 Å². The van der Waals surface area contributed by atoms with Gasteiger partial charge in [-0.25, -0.2) is 0 Å². The molecule has 0 saturated carbocycles. The van der Waals surface area contributed by atoms with Crippen LogP contribution in [0.25, 0.3) is 16.8 Å². The molecule has 3 rings (SSSR count). The molecule has 0 bridgehead atoms. The highest BCUT2D eigenvalue weighted by atomic mass is 35.5. The van der Waals surface area contributed by atoms with Crippen LogP contribution >= 0.6 is 11.6 Å². The van der Waals surface area contributed by atoms with Crippen molar-refractivity contribution >= 4 is 34.2 Å². The molecule has 0 N–H and O–H groups in total. The van der Waals surface area contributed by atoms with Crippen molar-refractivity contribution in [1.82, 2.24) is 0 Å². The second-order valence-electron chi connectivity index (χ2n) is 4.78. The normalized spacial score (nSPS) is 11.1. The fraction of sp³-hybridized carbons (Fsp3) is 0. The van der Waals surface area contributed by atoms with Crippen LogP contribution < -0.4 is 0 Å². The molecular formula is C19H13ClO. The molecule has 0 aliphatic heterocycles. The number of allylic oxidation sites excluding steroid dienone is 1. The van der Waals surface area contributed by atoms with Crippen LogP contribution in [0.5, 0.6) is 0 Å². The third-order valence-electron chi connectivity index (χ3n) is 3.33. The predicted molar refractivity (Wildman–Crippen MR) is 88.8 cm³/mol. The average Bonchev–Trinajstić information content (AvgIpc) is 2.52. The predicted octanol–water partition coefficient (Wildman–Crippen LogP) is 5.39. The van der Waals surface area contributed by atoms with Crippen LogP contribution in [0.4, 0.5) is 0 Å². The number of hydrogen-bond donors (Lipinski definition) is 0. The Labute approximate surface area is 128 Å². The maximum absolute atomic E-state index is 12.4. The van der Waals surface area contributed by atoms with Crippen molar-refractivity contribution in [2.75, 3.05) is 0 Å². The van der Waals surface area contributed by atoms with Gasteiger partial charge in [-0.3, -0.25) is 4.79 Å². The Kier molecular flexibility index (Phi) is 3.85. The Hall–Kier alpha value is -2.38. The van der Waals surface area contributed by atoms with E-state index in [9.17, 15) is 4.79 Å². The molecule has 21 heavy (non-hydrogen) atoms. The van der Waals surface area contributed by atoms with Crippen molar-refractivity contribution in [1.29, 1.82) is 0 Å². The van der Waals surface area contributed by atoms with Crippen LogP contribution in [0.2, 0.25) is 5.02 Å². The lowest BCUT2D eigenvalue weighted by molar-refractivity contribution is 0.104. The second kappa shape index (κ2) is 5.94. The molecule has 0 aromatic heterocycles. The molecule has 0 radical (unpaired) electrons. The summed E-state index contributed by atoms with van der Waals surface area (Å²) in [5.41, 5.74) is 1.63. The van der Waals surface area contributed by atoms with E-state index in [-0.39, 0.29) is 5.78 Å². The lowest BCUT2D eigenvalue weighted by atomic mass is 10.0. The van der Waals surface area contributed by atoms with Gasteiger partial charge in [0, 0.05) is 10.6 Å². The van der Waals surface area contributed by atoms with Crippen LogP contribution in [0, 0.1) is 0 Å². The number of fused-ring (bicyclic) bond motifs is 1. The van der Waals surface area contributed by atoms with Crippen molar-refractivity contribution in [2.45, 2.75) is 0 Å². The summed E-state index contributed by atoms with van der Waals surface area (Å²) >= 11 is 5.94. The molecule has 0 unspecified atom stereocenters. The molecule has 1 nitrogen and oxygen atoms in total. The summed E-state index contributed by atoms with van der Waals surface area (Å²) in [5.74, 6) is -0.00762. The first kappa shape index (κ1) is 13.6. The van der Waals surface area contributed by atoms with E-state index in [0.717, 1.165) is 16.3 Å². The van der Waals surface area contributed by atoms with Gasteiger partial charge in [-0.1, -0.05) is 72.3 Å². The Morgan fingerprint density at radius 1 is 0.905 bits per heavy atom. The summed E-state index contributed by atoms with van der Waals surface area (Å²) in [6.45, 7) is 0. The Bertz CT molecular complexity index is 828. The molecule has 102 valence electrons. The smallest absolute Gasteiger partial charge is 0.186 e. The van der Waals surface area contributed by atoms with E-state index in [4.69, 9.17) is 11.6 Å². The van der Waals surface area contributed by atoms with E-state index < -0.39 is 0 Å². The molecule has 0 amide bonds. The van der Waals surface area contributed by atoms with Crippen LogP contribution in [0.15, 0.2) is 72.8 Å². The minimum atomic E-state index is -0.00762. The van der Waals surface area contributed by atoms with Gasteiger partial charge in [0.05, 0.1) is 0 Å². The number of rotatable bonds is 3. The number of halogens is 1. The molecule has 0 saturated heterocycles. The van der Waals surface area contributed by atoms with Gasteiger partial charge in [-0.15, -0.1) is 0 Å². The Morgan fingerprint density at radius 2 is 1.67 bits per heavy atom. The van der Waals surface area contributed by atoms with E-state index >= 15 is 0 Å². The minimum Gasteiger partial charge on any atom is -0.289 e. The van der Waals surface area contributed by atoms with Crippen molar-refractivity contribution in [3.05, 3.63) is 89.0 Å². The van der Waals surface area contributed by atoms with Gasteiger partial charge < -0.3 is 0 Å². The molecule has 0 spiro atoms. The summed E-state index contributed by atoms with van der Waals surface area (Å²) in [7, 11) is 0. The van der Waals surface area contributed by atoms with Gasteiger partial charge >= 0.3 is 0 Å². The Morgan fingerprint density at radius 3 is 2.52 bits per heavy atom. The van der Waals surface area contributed by atoms with E-state index in [1.54, 1.807) is 12.2 Å². The maximum atomic E-state index is 12.4. The lowest BCUT2D eigenvalue weighted by Gasteiger charge is -2.02. The quantitative estimate of drug-likeness (QED) is 0.467. The van der Waals surface area contributed by atoms with Crippen LogP contribution in [0.1, 0.15) is 15.9 Å². The minimum absolute atomic E-state index is 0.00762. The first-order valence-electron chi connectivity index (χ1n) is 6.70.